The van der Waals surface area contributed by atoms with Crippen molar-refractivity contribution in [1.82, 2.24) is 18.9 Å². The van der Waals surface area contributed by atoms with Crippen molar-refractivity contribution in [1.29, 1.82) is 5.26 Å². The Bertz CT molecular complexity index is 2810. The topological polar surface area (TPSA) is 58.9 Å². The van der Waals surface area contributed by atoms with Crippen molar-refractivity contribution in [2.75, 3.05) is 0 Å². The van der Waals surface area contributed by atoms with Gasteiger partial charge in [-0.3, -0.25) is 4.57 Å². The quantitative estimate of drug-likeness (QED) is 0.212. The largest absolute Gasteiger partial charge is 0.308 e. The first kappa shape index (κ1) is 21.8. The number of rotatable bonds is 1. The van der Waals surface area contributed by atoms with Gasteiger partial charge in [-0.25, -0.2) is 9.97 Å². The third kappa shape index (κ3) is 2.53. The van der Waals surface area contributed by atoms with Crippen LogP contribution in [-0.4, -0.2) is 18.9 Å². The van der Waals surface area contributed by atoms with Gasteiger partial charge in [-0.2, -0.15) is 5.26 Å². The predicted octanol–water partition coefficient (Wildman–Crippen LogP) is 8.90. The van der Waals surface area contributed by atoms with E-state index >= 15 is 0 Å². The van der Waals surface area contributed by atoms with Gasteiger partial charge in [-0.1, -0.05) is 84.9 Å². The zero-order chi connectivity index (χ0) is 27.5. The van der Waals surface area contributed by atoms with Gasteiger partial charge < -0.3 is 4.40 Å². The number of para-hydroxylation sites is 3. The summed E-state index contributed by atoms with van der Waals surface area (Å²) in [6, 6.07) is 42.9. The van der Waals surface area contributed by atoms with Crippen LogP contribution in [0.5, 0.6) is 0 Å². The molecule has 5 nitrogen and oxygen atoms in total. The van der Waals surface area contributed by atoms with Crippen molar-refractivity contribution < 1.29 is 0 Å². The van der Waals surface area contributed by atoms with Crippen LogP contribution in [0.15, 0.2) is 115 Å². The Balaban J connectivity index is 1.59. The summed E-state index contributed by atoms with van der Waals surface area (Å²) in [6.45, 7) is 0. The van der Waals surface area contributed by atoms with Gasteiger partial charge in [0.25, 0.3) is 0 Å². The summed E-state index contributed by atoms with van der Waals surface area (Å²) < 4.78 is 4.71. The summed E-state index contributed by atoms with van der Waals surface area (Å²) in [7, 11) is 0. The van der Waals surface area contributed by atoms with Crippen LogP contribution in [0.1, 0.15) is 5.82 Å². The molecule has 4 aromatic heterocycles. The maximum absolute atomic E-state index is 9.99. The Morgan fingerprint density at radius 3 is 2.02 bits per heavy atom. The van der Waals surface area contributed by atoms with Gasteiger partial charge in [0.15, 0.2) is 0 Å². The van der Waals surface area contributed by atoms with E-state index in [-0.39, 0.29) is 5.82 Å². The van der Waals surface area contributed by atoms with Gasteiger partial charge in [0, 0.05) is 43.1 Å². The van der Waals surface area contributed by atoms with Crippen LogP contribution >= 0.6 is 0 Å². The molecular weight excluding hydrogens is 514 g/mol. The summed E-state index contributed by atoms with van der Waals surface area (Å²) in [5, 5.41) is 20.4. The van der Waals surface area contributed by atoms with Gasteiger partial charge in [0.05, 0.1) is 33.1 Å². The first-order valence-corrected chi connectivity index (χ1v) is 14.0. The zero-order valence-corrected chi connectivity index (χ0v) is 22.2. The lowest BCUT2D eigenvalue weighted by molar-refractivity contribution is 1.05. The fourth-order valence-corrected chi connectivity index (χ4v) is 7.26. The molecule has 4 heterocycles. The SMILES string of the molecule is N#Cc1nc(-n2c3c4ccccc4ccc3c3cc4c5ccccc5n5c6ccccc6c(c32)c45)c2ccccc2n1. The van der Waals surface area contributed by atoms with Crippen molar-refractivity contribution in [3.8, 4) is 11.9 Å². The Morgan fingerprint density at radius 1 is 0.524 bits per heavy atom. The maximum atomic E-state index is 9.99. The van der Waals surface area contributed by atoms with E-state index in [1.807, 2.05) is 18.2 Å². The molecule has 0 bridgehead atoms. The molecule has 0 unspecified atom stereocenters. The Labute approximate surface area is 238 Å². The molecule has 0 radical (unpaired) electrons. The van der Waals surface area contributed by atoms with Gasteiger partial charge in [-0.05, 0) is 35.7 Å². The summed E-state index contributed by atoms with van der Waals surface area (Å²) in [4.78, 5) is 9.49. The van der Waals surface area contributed by atoms with Crippen molar-refractivity contribution in [3.63, 3.8) is 0 Å². The molecule has 10 rings (SSSR count). The molecule has 192 valence electrons. The molecule has 0 aliphatic rings. The van der Waals surface area contributed by atoms with E-state index in [0.717, 1.165) is 43.9 Å². The minimum absolute atomic E-state index is 0.158. The van der Waals surface area contributed by atoms with Gasteiger partial charge in [0.1, 0.15) is 11.9 Å². The molecule has 0 amide bonds. The molecule has 0 aliphatic carbocycles. The van der Waals surface area contributed by atoms with Crippen LogP contribution in [0.2, 0.25) is 0 Å². The fraction of sp³-hybridized carbons (Fsp3) is 0. The highest BCUT2D eigenvalue weighted by atomic mass is 15.1. The van der Waals surface area contributed by atoms with E-state index in [1.165, 1.54) is 43.5 Å². The molecule has 42 heavy (non-hydrogen) atoms. The molecule has 0 aliphatic heterocycles. The average molecular weight is 534 g/mol. The molecule has 0 atom stereocenters. The number of hydrogen-bond donors (Lipinski definition) is 0. The van der Waals surface area contributed by atoms with Crippen LogP contribution in [0.25, 0.3) is 87.4 Å². The van der Waals surface area contributed by atoms with Crippen molar-refractivity contribution in [3.05, 3.63) is 121 Å². The number of nitrogens with zero attached hydrogens (tertiary/aromatic N) is 5. The van der Waals surface area contributed by atoms with Gasteiger partial charge >= 0.3 is 0 Å². The number of fused-ring (bicyclic) bond motifs is 13. The standard InChI is InChI=1S/C37H19N5/c38-20-32-39-29-14-6-3-12-25(29)37(40-32)42-34-22-10-2-1-9-21(22)17-18-24(34)28-19-27-23-11-4-7-15-30(23)41-31-16-8-5-13-26(31)33(35(27)41)36(28)42/h1-19H. The summed E-state index contributed by atoms with van der Waals surface area (Å²) in [5.74, 6) is 0.877. The minimum Gasteiger partial charge on any atom is -0.308 e. The first-order chi connectivity index (χ1) is 20.8. The Hall–Kier alpha value is -5.99. The molecule has 0 saturated carbocycles. The highest BCUT2D eigenvalue weighted by molar-refractivity contribution is 6.35. The second-order valence-electron chi connectivity index (χ2n) is 10.9. The molecule has 6 aromatic carbocycles. The van der Waals surface area contributed by atoms with E-state index in [1.54, 1.807) is 0 Å². The van der Waals surface area contributed by atoms with Crippen LogP contribution < -0.4 is 0 Å². The van der Waals surface area contributed by atoms with Gasteiger partial charge in [0.2, 0.25) is 5.82 Å². The molecule has 0 spiro atoms. The van der Waals surface area contributed by atoms with Crippen LogP contribution in [-0.2, 0) is 0 Å². The van der Waals surface area contributed by atoms with Crippen LogP contribution in [0.4, 0.5) is 0 Å². The molecule has 0 N–H and O–H groups in total. The first-order valence-electron chi connectivity index (χ1n) is 14.0. The second-order valence-corrected chi connectivity index (χ2v) is 10.9. The summed E-state index contributed by atoms with van der Waals surface area (Å²) in [6.07, 6.45) is 0. The number of benzene rings is 6. The van der Waals surface area contributed by atoms with E-state index < -0.39 is 0 Å². The average Bonchev–Trinajstić information content (AvgIpc) is 3.68. The third-order valence-corrected chi connectivity index (χ3v) is 8.88. The second kappa shape index (κ2) is 7.60. The monoisotopic (exact) mass is 533 g/mol. The number of nitriles is 1. The smallest absolute Gasteiger partial charge is 0.234 e. The molecule has 10 aromatic rings. The van der Waals surface area contributed by atoms with Crippen LogP contribution in [0.3, 0.4) is 0 Å². The molecule has 0 saturated heterocycles. The van der Waals surface area contributed by atoms with Crippen molar-refractivity contribution >= 4 is 81.6 Å². The molecular formula is C37H19N5. The fourth-order valence-electron chi connectivity index (χ4n) is 7.26. The normalized spacial score (nSPS) is 12.3. The van der Waals surface area contributed by atoms with Crippen LogP contribution in [0, 0.1) is 11.3 Å². The Kier molecular flexibility index (Phi) is 3.94. The summed E-state index contributed by atoms with van der Waals surface area (Å²) in [5.41, 5.74) is 6.51. The minimum atomic E-state index is 0.158. The zero-order valence-electron chi connectivity index (χ0n) is 22.2. The highest BCUT2D eigenvalue weighted by Gasteiger charge is 2.26. The van der Waals surface area contributed by atoms with E-state index in [9.17, 15) is 5.26 Å². The lowest BCUT2D eigenvalue weighted by Gasteiger charge is -2.12. The summed E-state index contributed by atoms with van der Waals surface area (Å²) >= 11 is 0. The molecule has 5 heteroatoms. The van der Waals surface area contributed by atoms with Gasteiger partial charge in [-0.15, -0.1) is 0 Å². The van der Waals surface area contributed by atoms with E-state index in [0.29, 0.717) is 0 Å². The number of aromatic nitrogens is 4. The Morgan fingerprint density at radius 2 is 1.19 bits per heavy atom. The maximum Gasteiger partial charge on any atom is 0.234 e. The van der Waals surface area contributed by atoms with Crippen molar-refractivity contribution in [2.45, 2.75) is 0 Å². The van der Waals surface area contributed by atoms with E-state index in [4.69, 9.17) is 4.98 Å². The molecule has 0 fully saturated rings. The lowest BCUT2D eigenvalue weighted by Crippen LogP contribution is -2.03. The lowest BCUT2D eigenvalue weighted by atomic mass is 10.0. The predicted molar refractivity (Wildman–Crippen MR) is 171 cm³/mol. The highest BCUT2D eigenvalue weighted by Crippen LogP contribution is 2.47. The van der Waals surface area contributed by atoms with E-state index in [2.05, 4.69) is 117 Å². The number of hydrogen-bond acceptors (Lipinski definition) is 3. The third-order valence-electron chi connectivity index (χ3n) is 8.88. The van der Waals surface area contributed by atoms with Crippen molar-refractivity contribution in [2.24, 2.45) is 0 Å².